The lowest BCUT2D eigenvalue weighted by molar-refractivity contribution is -0.128. The molecule has 9 heteroatoms. The van der Waals surface area contributed by atoms with Crippen LogP contribution >= 0.6 is 11.3 Å². The summed E-state index contributed by atoms with van der Waals surface area (Å²) in [4.78, 5) is 30.3. The average molecular weight is 494 g/mol. The molecule has 184 valence electrons. The normalized spacial score (nSPS) is 25.7. The standard InChI is InChI=1S/C26H31N5O3S/c1-16(19-8-6-12-31(19)2)33-22-13-18(20-14-27-15-35-20)28-25(29-22)23-17-7-5-11-26(24(17)34-30-23)10-4-3-9-21(26)32/h13-16,19H,3-12H2,1-2H3/t16-,19-,26+/m0/s1. The van der Waals surface area contributed by atoms with Gasteiger partial charge in [-0.1, -0.05) is 11.6 Å². The number of hydrogen-bond acceptors (Lipinski definition) is 9. The molecule has 1 saturated carbocycles. The monoisotopic (exact) mass is 493 g/mol. The smallest absolute Gasteiger partial charge is 0.217 e. The predicted molar refractivity (Wildman–Crippen MR) is 132 cm³/mol. The molecule has 1 spiro atoms. The van der Waals surface area contributed by atoms with Crippen molar-refractivity contribution >= 4 is 17.1 Å². The summed E-state index contributed by atoms with van der Waals surface area (Å²) in [5.41, 5.74) is 3.66. The second-order valence-corrected chi connectivity index (χ2v) is 11.1. The quantitative estimate of drug-likeness (QED) is 0.499. The van der Waals surface area contributed by atoms with Crippen molar-refractivity contribution < 1.29 is 14.1 Å². The number of fused-ring (bicyclic) bond motifs is 2. The lowest BCUT2D eigenvalue weighted by Crippen LogP contribution is -2.41. The van der Waals surface area contributed by atoms with Crippen LogP contribution in [-0.4, -0.2) is 56.5 Å². The van der Waals surface area contributed by atoms with Gasteiger partial charge in [0.25, 0.3) is 0 Å². The van der Waals surface area contributed by atoms with Gasteiger partial charge in [-0.15, -0.1) is 11.3 Å². The van der Waals surface area contributed by atoms with Gasteiger partial charge < -0.3 is 9.26 Å². The molecule has 3 aromatic heterocycles. The van der Waals surface area contributed by atoms with E-state index < -0.39 is 5.41 Å². The number of rotatable bonds is 5. The molecule has 3 aliphatic rings. The van der Waals surface area contributed by atoms with Crippen LogP contribution in [0.25, 0.3) is 22.1 Å². The lowest BCUT2D eigenvalue weighted by Gasteiger charge is -2.36. The van der Waals surface area contributed by atoms with Gasteiger partial charge >= 0.3 is 0 Å². The van der Waals surface area contributed by atoms with E-state index in [1.807, 2.05) is 12.3 Å². The highest BCUT2D eigenvalue weighted by Crippen LogP contribution is 2.47. The van der Waals surface area contributed by atoms with E-state index in [0.717, 1.165) is 73.4 Å². The van der Waals surface area contributed by atoms with E-state index in [0.29, 0.717) is 35.6 Å². The molecule has 0 bridgehead atoms. The maximum absolute atomic E-state index is 13.1. The Morgan fingerprint density at radius 1 is 1.20 bits per heavy atom. The zero-order valence-corrected chi connectivity index (χ0v) is 21.1. The SMILES string of the molecule is C[C@H](Oc1cc(-c2cncs2)nc(-c2noc3c2CCC[C@@]32CCCCC2=O)n1)[C@@H]1CCCN1C. The third-order valence-electron chi connectivity index (χ3n) is 8.07. The maximum Gasteiger partial charge on any atom is 0.217 e. The van der Waals surface area contributed by atoms with Crippen LogP contribution in [-0.2, 0) is 16.6 Å². The van der Waals surface area contributed by atoms with Gasteiger partial charge in [-0.2, -0.15) is 4.98 Å². The summed E-state index contributed by atoms with van der Waals surface area (Å²) in [6, 6.07) is 2.25. The number of carbonyl (C=O) groups excluding carboxylic acids is 1. The summed E-state index contributed by atoms with van der Waals surface area (Å²) in [6.07, 6.45) is 10.2. The zero-order valence-electron chi connectivity index (χ0n) is 20.3. The molecule has 0 N–H and O–H groups in total. The molecule has 3 atom stereocenters. The molecular formula is C26H31N5O3S. The van der Waals surface area contributed by atoms with Crippen LogP contribution < -0.4 is 4.74 Å². The van der Waals surface area contributed by atoms with E-state index >= 15 is 0 Å². The Balaban J connectivity index is 1.40. The molecule has 0 unspecified atom stereocenters. The van der Waals surface area contributed by atoms with Gasteiger partial charge in [-0.3, -0.25) is 14.7 Å². The second-order valence-electron chi connectivity index (χ2n) is 10.2. The van der Waals surface area contributed by atoms with E-state index in [-0.39, 0.29) is 6.10 Å². The van der Waals surface area contributed by atoms with Crippen LogP contribution in [0.2, 0.25) is 0 Å². The Labute approximate surface area is 209 Å². The molecule has 1 aliphatic heterocycles. The number of nitrogens with zero attached hydrogens (tertiary/aromatic N) is 5. The lowest BCUT2D eigenvalue weighted by atomic mass is 9.64. The Morgan fingerprint density at radius 2 is 2.09 bits per heavy atom. The number of ketones is 1. The topological polar surface area (TPSA) is 94.2 Å². The third kappa shape index (κ3) is 3.98. The van der Waals surface area contributed by atoms with Crippen LogP contribution in [0.4, 0.5) is 0 Å². The molecule has 3 aromatic rings. The first-order chi connectivity index (χ1) is 17.0. The van der Waals surface area contributed by atoms with Crippen LogP contribution in [0.1, 0.15) is 69.6 Å². The van der Waals surface area contributed by atoms with E-state index in [1.165, 1.54) is 17.8 Å². The first kappa shape index (κ1) is 22.8. The first-order valence-electron chi connectivity index (χ1n) is 12.7. The maximum atomic E-state index is 13.1. The molecule has 0 amide bonds. The summed E-state index contributed by atoms with van der Waals surface area (Å²) >= 11 is 1.53. The summed E-state index contributed by atoms with van der Waals surface area (Å²) in [7, 11) is 2.15. The fourth-order valence-corrected chi connectivity index (χ4v) is 6.81. The number of aromatic nitrogens is 4. The van der Waals surface area contributed by atoms with Gasteiger partial charge in [0.1, 0.15) is 11.9 Å². The fraction of sp³-hybridized carbons (Fsp3) is 0.577. The van der Waals surface area contributed by atoms with E-state index in [9.17, 15) is 4.79 Å². The van der Waals surface area contributed by atoms with Crippen molar-refractivity contribution in [3.8, 4) is 28.0 Å². The fourth-order valence-electron chi connectivity index (χ4n) is 6.23. The minimum atomic E-state index is -0.521. The van der Waals surface area contributed by atoms with Crippen LogP contribution in [0, 0.1) is 0 Å². The van der Waals surface area contributed by atoms with Crippen molar-refractivity contribution in [2.75, 3.05) is 13.6 Å². The number of Topliss-reactive ketones (excluding diaryl/α,β-unsaturated/α-hetero) is 1. The molecule has 2 fully saturated rings. The number of thiazole rings is 1. The predicted octanol–water partition coefficient (Wildman–Crippen LogP) is 4.83. The summed E-state index contributed by atoms with van der Waals surface area (Å²) < 4.78 is 12.3. The number of hydrogen-bond donors (Lipinski definition) is 0. The molecular weight excluding hydrogens is 462 g/mol. The number of ether oxygens (including phenoxy) is 1. The first-order valence-corrected chi connectivity index (χ1v) is 13.6. The van der Waals surface area contributed by atoms with Crippen molar-refractivity contribution in [2.45, 2.75) is 82.3 Å². The van der Waals surface area contributed by atoms with E-state index in [1.54, 1.807) is 5.51 Å². The van der Waals surface area contributed by atoms with Crippen LogP contribution in [0.5, 0.6) is 5.88 Å². The summed E-state index contributed by atoms with van der Waals surface area (Å²) in [5, 5.41) is 4.46. The van der Waals surface area contributed by atoms with Crippen molar-refractivity contribution in [1.29, 1.82) is 0 Å². The van der Waals surface area contributed by atoms with Gasteiger partial charge in [0, 0.05) is 30.3 Å². The summed E-state index contributed by atoms with van der Waals surface area (Å²) in [5.74, 6) is 2.06. The zero-order chi connectivity index (χ0) is 24.0. The Morgan fingerprint density at radius 3 is 2.86 bits per heavy atom. The number of carbonyl (C=O) groups is 1. The van der Waals surface area contributed by atoms with Crippen LogP contribution in [0.15, 0.2) is 22.3 Å². The van der Waals surface area contributed by atoms with Gasteiger partial charge in [0.2, 0.25) is 5.88 Å². The average Bonchev–Trinajstić information content (AvgIpc) is 3.62. The molecule has 1 saturated heterocycles. The Bertz CT molecular complexity index is 1230. The Kier molecular flexibility index (Phi) is 5.92. The summed E-state index contributed by atoms with van der Waals surface area (Å²) in [6.45, 7) is 3.20. The molecule has 0 radical (unpaired) electrons. The highest BCUT2D eigenvalue weighted by molar-refractivity contribution is 7.13. The minimum Gasteiger partial charge on any atom is -0.473 e. The number of likely N-dealkylation sites (N-methyl/N-ethyl adjacent to an activating group) is 1. The Hall–Kier alpha value is -2.65. The second kappa shape index (κ2) is 9.09. The molecule has 2 aliphatic carbocycles. The molecule has 6 rings (SSSR count). The molecule has 8 nitrogen and oxygen atoms in total. The van der Waals surface area contributed by atoms with Crippen molar-refractivity contribution in [3.63, 3.8) is 0 Å². The third-order valence-corrected chi connectivity index (χ3v) is 8.86. The van der Waals surface area contributed by atoms with Gasteiger partial charge in [0.15, 0.2) is 17.3 Å². The highest BCUT2D eigenvalue weighted by atomic mass is 32.1. The van der Waals surface area contributed by atoms with Gasteiger partial charge in [-0.25, -0.2) is 4.98 Å². The number of likely N-dealkylation sites (tertiary alicyclic amines) is 1. The molecule has 35 heavy (non-hydrogen) atoms. The van der Waals surface area contributed by atoms with Gasteiger partial charge in [0.05, 0.1) is 21.5 Å². The van der Waals surface area contributed by atoms with E-state index in [4.69, 9.17) is 19.2 Å². The van der Waals surface area contributed by atoms with Gasteiger partial charge in [-0.05, 0) is 65.5 Å². The van der Waals surface area contributed by atoms with Crippen molar-refractivity contribution in [1.82, 2.24) is 25.0 Å². The molecule has 0 aromatic carbocycles. The minimum absolute atomic E-state index is 0.00563. The van der Waals surface area contributed by atoms with Crippen LogP contribution in [0.3, 0.4) is 0 Å². The molecule has 4 heterocycles. The van der Waals surface area contributed by atoms with E-state index in [2.05, 4.69) is 29.0 Å². The largest absolute Gasteiger partial charge is 0.473 e. The highest BCUT2D eigenvalue weighted by Gasteiger charge is 2.48. The van der Waals surface area contributed by atoms with Crippen molar-refractivity contribution in [2.24, 2.45) is 0 Å². The van der Waals surface area contributed by atoms with Crippen molar-refractivity contribution in [3.05, 3.63) is 29.1 Å².